The van der Waals surface area contributed by atoms with Crippen molar-refractivity contribution in [2.24, 2.45) is 5.11 Å². The van der Waals surface area contributed by atoms with E-state index >= 15 is 0 Å². The van der Waals surface area contributed by atoms with E-state index in [1.165, 1.54) is 18.9 Å². The summed E-state index contributed by atoms with van der Waals surface area (Å²) in [4.78, 5) is 2.86. The highest BCUT2D eigenvalue weighted by atomic mass is 28.3. The Bertz CT molecular complexity index is 188. The average Bonchev–Trinajstić information content (AvgIpc) is 2.19. The van der Waals surface area contributed by atoms with Gasteiger partial charge in [0.25, 0.3) is 0 Å². The van der Waals surface area contributed by atoms with Gasteiger partial charge in [0.15, 0.2) is 9.04 Å². The molecule has 2 atom stereocenters. The summed E-state index contributed by atoms with van der Waals surface area (Å²) in [5.74, 6) is 0. The Labute approximate surface area is 80.6 Å². The molecule has 4 nitrogen and oxygen atoms in total. The molecule has 1 rings (SSSR count). The molecule has 5 heteroatoms. The third-order valence-corrected chi connectivity index (χ3v) is 5.32. The standard InChI is InChI=1S/C8H17N3OSi/c1-2-8(10-11-9)7-13-6-4-3-5-12-13/h8,13H,2-7H2,1H3. The number of azide groups is 1. The van der Waals surface area contributed by atoms with E-state index in [-0.39, 0.29) is 6.04 Å². The maximum Gasteiger partial charge on any atom is 0.177 e. The van der Waals surface area contributed by atoms with Crippen molar-refractivity contribution in [2.45, 2.75) is 44.3 Å². The SMILES string of the molecule is CCC(C[SiH]1CCCCO1)N=[N+]=[N-]. The minimum Gasteiger partial charge on any atom is -0.420 e. The van der Waals surface area contributed by atoms with Crippen molar-refractivity contribution < 1.29 is 4.43 Å². The smallest absolute Gasteiger partial charge is 0.177 e. The third kappa shape index (κ3) is 3.80. The lowest BCUT2D eigenvalue weighted by atomic mass is 10.3. The molecule has 0 aromatic carbocycles. The summed E-state index contributed by atoms with van der Waals surface area (Å²) < 4.78 is 5.71. The molecule has 0 saturated carbocycles. The summed E-state index contributed by atoms with van der Waals surface area (Å²) >= 11 is 0. The van der Waals surface area contributed by atoms with Gasteiger partial charge in [0.2, 0.25) is 0 Å². The fourth-order valence-electron chi connectivity index (χ4n) is 1.67. The van der Waals surface area contributed by atoms with E-state index in [4.69, 9.17) is 9.96 Å². The zero-order chi connectivity index (χ0) is 9.52. The summed E-state index contributed by atoms with van der Waals surface area (Å²) in [5.41, 5.74) is 8.33. The molecule has 0 spiro atoms. The highest BCUT2D eigenvalue weighted by Gasteiger charge is 2.19. The molecular weight excluding hydrogens is 182 g/mol. The van der Waals surface area contributed by atoms with Gasteiger partial charge in [-0.3, -0.25) is 0 Å². The average molecular weight is 199 g/mol. The van der Waals surface area contributed by atoms with Crippen molar-refractivity contribution in [2.75, 3.05) is 6.61 Å². The summed E-state index contributed by atoms with van der Waals surface area (Å²) in [7, 11) is -0.998. The Balaban J connectivity index is 2.30. The Morgan fingerprint density at radius 3 is 3.00 bits per heavy atom. The molecule has 1 aliphatic rings. The maximum atomic E-state index is 8.33. The minimum atomic E-state index is -0.998. The van der Waals surface area contributed by atoms with Crippen LogP contribution in [0.3, 0.4) is 0 Å². The molecule has 1 aliphatic heterocycles. The fraction of sp³-hybridized carbons (Fsp3) is 1.00. The van der Waals surface area contributed by atoms with Gasteiger partial charge in [-0.05, 0) is 30.5 Å². The summed E-state index contributed by atoms with van der Waals surface area (Å²) in [5, 5.41) is 3.77. The minimum absolute atomic E-state index is 0.180. The van der Waals surface area contributed by atoms with E-state index < -0.39 is 9.04 Å². The monoisotopic (exact) mass is 199 g/mol. The molecule has 74 valence electrons. The van der Waals surface area contributed by atoms with E-state index in [1.807, 2.05) is 0 Å². The van der Waals surface area contributed by atoms with E-state index in [0.29, 0.717) is 0 Å². The third-order valence-electron chi connectivity index (χ3n) is 2.50. The highest BCUT2D eigenvalue weighted by Crippen LogP contribution is 2.18. The van der Waals surface area contributed by atoms with Crippen molar-refractivity contribution >= 4 is 9.04 Å². The quantitative estimate of drug-likeness (QED) is 0.297. The molecule has 13 heavy (non-hydrogen) atoms. The van der Waals surface area contributed by atoms with Gasteiger partial charge in [-0.2, -0.15) is 0 Å². The zero-order valence-electron chi connectivity index (χ0n) is 8.15. The van der Waals surface area contributed by atoms with Crippen molar-refractivity contribution in [3.8, 4) is 0 Å². The van der Waals surface area contributed by atoms with Crippen LogP contribution in [0.4, 0.5) is 0 Å². The summed E-state index contributed by atoms with van der Waals surface area (Å²) in [6, 6.07) is 2.47. The van der Waals surface area contributed by atoms with Crippen molar-refractivity contribution in [1.29, 1.82) is 0 Å². The van der Waals surface area contributed by atoms with Crippen molar-refractivity contribution in [3.63, 3.8) is 0 Å². The van der Waals surface area contributed by atoms with E-state index in [2.05, 4.69) is 16.9 Å². The number of nitrogens with zero attached hydrogens (tertiary/aromatic N) is 3. The van der Waals surface area contributed by atoms with Gasteiger partial charge >= 0.3 is 0 Å². The van der Waals surface area contributed by atoms with Crippen molar-refractivity contribution in [1.82, 2.24) is 0 Å². The van der Waals surface area contributed by atoms with E-state index in [0.717, 1.165) is 19.1 Å². The molecular formula is C8H17N3OSi. The highest BCUT2D eigenvalue weighted by molar-refractivity contribution is 6.52. The normalized spacial score (nSPS) is 24.8. The predicted molar refractivity (Wildman–Crippen MR) is 55.2 cm³/mol. The van der Waals surface area contributed by atoms with Crippen molar-refractivity contribution in [3.05, 3.63) is 10.4 Å². The lowest BCUT2D eigenvalue weighted by Gasteiger charge is -2.23. The molecule has 1 fully saturated rings. The molecule has 2 unspecified atom stereocenters. The van der Waals surface area contributed by atoms with Crippen LogP contribution in [0.15, 0.2) is 5.11 Å². The molecule has 1 saturated heterocycles. The first-order chi connectivity index (χ1) is 6.36. The van der Waals surface area contributed by atoms with Crippen LogP contribution < -0.4 is 0 Å². The molecule has 0 radical (unpaired) electrons. The van der Waals surface area contributed by atoms with Gasteiger partial charge in [-0.1, -0.05) is 18.5 Å². The Hall–Kier alpha value is -0.513. The van der Waals surface area contributed by atoms with Gasteiger partial charge in [-0.25, -0.2) is 0 Å². The first-order valence-corrected chi connectivity index (χ1v) is 7.13. The second-order valence-electron chi connectivity index (χ2n) is 3.49. The second kappa shape index (κ2) is 6.02. The number of hydrogen-bond acceptors (Lipinski definition) is 2. The first kappa shape index (κ1) is 10.6. The van der Waals surface area contributed by atoms with Gasteiger partial charge in [0.05, 0.1) is 0 Å². The van der Waals surface area contributed by atoms with Crippen LogP contribution >= 0.6 is 0 Å². The molecule has 0 bridgehead atoms. The van der Waals surface area contributed by atoms with E-state index in [1.54, 1.807) is 0 Å². The molecule has 0 aliphatic carbocycles. The zero-order valence-corrected chi connectivity index (χ0v) is 9.30. The molecule has 1 heterocycles. The van der Waals surface area contributed by atoms with Crippen LogP contribution in [0, 0.1) is 0 Å². The van der Waals surface area contributed by atoms with E-state index in [9.17, 15) is 0 Å². The predicted octanol–water partition coefficient (Wildman–Crippen LogP) is 2.61. The maximum absolute atomic E-state index is 8.33. The van der Waals surface area contributed by atoms with Crippen LogP contribution in [0.2, 0.25) is 12.1 Å². The summed E-state index contributed by atoms with van der Waals surface area (Å²) in [6.45, 7) is 3.00. The van der Waals surface area contributed by atoms with Gasteiger partial charge in [0.1, 0.15) is 0 Å². The first-order valence-electron chi connectivity index (χ1n) is 5.02. The fourth-order valence-corrected chi connectivity index (χ4v) is 4.48. The summed E-state index contributed by atoms with van der Waals surface area (Å²) in [6.07, 6.45) is 3.46. The Morgan fingerprint density at radius 2 is 2.46 bits per heavy atom. The second-order valence-corrected chi connectivity index (χ2v) is 6.12. The number of hydrogen-bond donors (Lipinski definition) is 0. The van der Waals surface area contributed by atoms with Crippen LogP contribution in [0.5, 0.6) is 0 Å². The Morgan fingerprint density at radius 1 is 1.62 bits per heavy atom. The lowest BCUT2D eigenvalue weighted by Crippen LogP contribution is -2.26. The molecule has 0 aromatic rings. The Kier molecular flexibility index (Phi) is 4.89. The van der Waals surface area contributed by atoms with Crippen LogP contribution in [0.25, 0.3) is 10.4 Å². The van der Waals surface area contributed by atoms with Gasteiger partial charge in [-0.15, -0.1) is 0 Å². The van der Waals surface area contributed by atoms with Crippen LogP contribution in [-0.2, 0) is 4.43 Å². The van der Waals surface area contributed by atoms with Crippen LogP contribution in [0.1, 0.15) is 26.2 Å². The topological polar surface area (TPSA) is 58.0 Å². The van der Waals surface area contributed by atoms with Gasteiger partial charge < -0.3 is 4.43 Å². The molecule has 0 N–H and O–H groups in total. The number of rotatable bonds is 4. The molecule has 0 amide bonds. The lowest BCUT2D eigenvalue weighted by molar-refractivity contribution is 0.284. The largest absolute Gasteiger partial charge is 0.420 e. The van der Waals surface area contributed by atoms with Crippen LogP contribution in [-0.4, -0.2) is 21.7 Å². The van der Waals surface area contributed by atoms with Gasteiger partial charge in [0, 0.05) is 17.6 Å². The molecule has 0 aromatic heterocycles.